The van der Waals surface area contributed by atoms with Gasteiger partial charge in [-0.2, -0.15) is 0 Å². The molecule has 100 valence electrons. The van der Waals surface area contributed by atoms with Crippen LogP contribution in [0.5, 0.6) is 0 Å². The van der Waals surface area contributed by atoms with Gasteiger partial charge in [-0.25, -0.2) is 0 Å². The van der Waals surface area contributed by atoms with Crippen molar-refractivity contribution in [2.24, 2.45) is 5.92 Å². The van der Waals surface area contributed by atoms with Crippen LogP contribution in [0.3, 0.4) is 0 Å². The molecule has 0 amide bonds. The second-order valence-corrected chi connectivity index (χ2v) is 5.70. The Labute approximate surface area is 120 Å². The van der Waals surface area contributed by atoms with E-state index < -0.39 is 0 Å². The molecule has 0 N–H and O–H groups in total. The number of halogens is 1. The molecule has 1 aromatic carbocycles. The van der Waals surface area contributed by atoms with Gasteiger partial charge in [0.05, 0.1) is 10.3 Å². The van der Waals surface area contributed by atoms with Crippen LogP contribution < -0.4 is 0 Å². The van der Waals surface area contributed by atoms with Gasteiger partial charge in [-0.15, -0.1) is 23.4 Å². The molecule has 4 nitrogen and oxygen atoms in total. The topological polar surface area (TPSA) is 56.0 Å². The normalized spacial score (nSPS) is 12.5. The minimum atomic E-state index is -0.375. The molecule has 1 unspecified atom stereocenters. The number of hydrogen-bond donors (Lipinski definition) is 0. The summed E-state index contributed by atoms with van der Waals surface area (Å²) in [6, 6.07) is 5.15. The molecular formula is C13H13ClN2O2S. The zero-order valence-corrected chi connectivity index (χ0v) is 11.9. The number of thioether (sulfide) groups is 1. The number of benzene rings is 1. The monoisotopic (exact) mass is 296 g/mol. The first-order valence-electron chi connectivity index (χ1n) is 5.83. The lowest BCUT2D eigenvalue weighted by Crippen LogP contribution is -1.99. The summed E-state index contributed by atoms with van der Waals surface area (Å²) in [5.74, 6) is 1.90. The molecule has 0 spiro atoms. The van der Waals surface area contributed by atoms with Crippen molar-refractivity contribution in [2.75, 3.05) is 11.6 Å². The second kappa shape index (κ2) is 6.21. The van der Waals surface area contributed by atoms with Gasteiger partial charge >= 0.3 is 0 Å². The van der Waals surface area contributed by atoms with E-state index in [2.05, 4.69) is 11.9 Å². The lowest BCUT2D eigenvalue weighted by Gasteiger charge is -2.09. The molecule has 2 rings (SSSR count). The van der Waals surface area contributed by atoms with Crippen LogP contribution in [0.1, 0.15) is 6.92 Å². The van der Waals surface area contributed by atoms with Crippen LogP contribution in [-0.2, 0) is 0 Å². The number of alkyl halides is 1. The van der Waals surface area contributed by atoms with Crippen LogP contribution in [0.25, 0.3) is 10.8 Å². The van der Waals surface area contributed by atoms with Crippen LogP contribution in [-0.4, -0.2) is 21.5 Å². The van der Waals surface area contributed by atoms with E-state index in [0.29, 0.717) is 17.2 Å². The summed E-state index contributed by atoms with van der Waals surface area (Å²) in [5.41, 5.74) is 0.0952. The lowest BCUT2D eigenvalue weighted by molar-refractivity contribution is -0.383. The van der Waals surface area contributed by atoms with Gasteiger partial charge in [0, 0.05) is 40.4 Å². The van der Waals surface area contributed by atoms with Gasteiger partial charge in [-0.1, -0.05) is 6.92 Å². The molecule has 0 aliphatic rings. The smallest absolute Gasteiger partial charge is 0.264 e. The highest BCUT2D eigenvalue weighted by Gasteiger charge is 2.14. The molecule has 1 atom stereocenters. The Morgan fingerprint density at radius 1 is 1.42 bits per heavy atom. The zero-order valence-electron chi connectivity index (χ0n) is 10.4. The quantitative estimate of drug-likeness (QED) is 0.360. The van der Waals surface area contributed by atoms with Gasteiger partial charge < -0.3 is 0 Å². The van der Waals surface area contributed by atoms with Crippen LogP contribution in [0.15, 0.2) is 35.5 Å². The standard InChI is InChI=1S/C13H13ClN2O2S/c1-9(6-14)8-19-13-3-2-12(16(17)18)11-7-15-5-4-10(11)13/h2-5,7,9H,6,8H2,1H3. The Morgan fingerprint density at radius 2 is 2.21 bits per heavy atom. The fourth-order valence-corrected chi connectivity index (χ4v) is 3.03. The third kappa shape index (κ3) is 3.16. The van der Waals surface area contributed by atoms with E-state index in [1.165, 1.54) is 6.07 Å². The van der Waals surface area contributed by atoms with Crippen molar-refractivity contribution in [3.05, 3.63) is 40.7 Å². The Kier molecular flexibility index (Phi) is 4.61. The summed E-state index contributed by atoms with van der Waals surface area (Å²) in [6.07, 6.45) is 3.20. The van der Waals surface area contributed by atoms with Crippen molar-refractivity contribution in [3.63, 3.8) is 0 Å². The minimum Gasteiger partial charge on any atom is -0.264 e. The molecule has 1 aromatic heterocycles. The van der Waals surface area contributed by atoms with E-state index in [4.69, 9.17) is 11.6 Å². The molecule has 1 heterocycles. The van der Waals surface area contributed by atoms with Crippen molar-refractivity contribution >= 4 is 39.8 Å². The largest absolute Gasteiger partial charge is 0.278 e. The Morgan fingerprint density at radius 3 is 2.89 bits per heavy atom. The first-order chi connectivity index (χ1) is 9.13. The van der Waals surface area contributed by atoms with Gasteiger partial charge in [0.25, 0.3) is 5.69 Å². The summed E-state index contributed by atoms with van der Waals surface area (Å²) in [5, 5.41) is 12.4. The first kappa shape index (κ1) is 14.1. The number of aromatic nitrogens is 1. The second-order valence-electron chi connectivity index (χ2n) is 4.33. The van der Waals surface area contributed by atoms with Crippen LogP contribution >= 0.6 is 23.4 Å². The lowest BCUT2D eigenvalue weighted by atomic mass is 10.1. The number of hydrogen-bond acceptors (Lipinski definition) is 4. The average Bonchev–Trinajstić information content (AvgIpc) is 2.43. The van der Waals surface area contributed by atoms with Gasteiger partial charge in [0.15, 0.2) is 0 Å². The zero-order chi connectivity index (χ0) is 13.8. The summed E-state index contributed by atoms with van der Waals surface area (Å²) in [6.45, 7) is 2.08. The third-order valence-corrected chi connectivity index (χ3v) is 4.67. The van der Waals surface area contributed by atoms with Crippen LogP contribution in [0, 0.1) is 16.0 Å². The highest BCUT2D eigenvalue weighted by Crippen LogP contribution is 2.34. The molecule has 0 fully saturated rings. The molecular weight excluding hydrogens is 284 g/mol. The molecule has 19 heavy (non-hydrogen) atoms. The van der Waals surface area contributed by atoms with Gasteiger partial charge in [-0.05, 0) is 18.1 Å². The van der Waals surface area contributed by atoms with E-state index in [1.807, 2.05) is 6.07 Å². The molecule has 0 saturated heterocycles. The Hall–Kier alpha value is -1.33. The molecule has 0 aliphatic heterocycles. The molecule has 0 radical (unpaired) electrons. The minimum absolute atomic E-state index is 0.0952. The van der Waals surface area contributed by atoms with Crippen molar-refractivity contribution in [2.45, 2.75) is 11.8 Å². The van der Waals surface area contributed by atoms with E-state index in [-0.39, 0.29) is 10.6 Å². The van der Waals surface area contributed by atoms with Crippen LogP contribution in [0.2, 0.25) is 0 Å². The number of nitrogens with zero attached hydrogens (tertiary/aromatic N) is 2. The van der Waals surface area contributed by atoms with Crippen molar-refractivity contribution < 1.29 is 4.92 Å². The molecule has 2 aromatic rings. The fraction of sp³-hybridized carbons (Fsp3) is 0.308. The predicted octanol–water partition coefficient (Wildman–Crippen LogP) is 4.11. The highest BCUT2D eigenvalue weighted by atomic mass is 35.5. The van der Waals surface area contributed by atoms with Gasteiger partial charge in [-0.3, -0.25) is 15.1 Å². The number of non-ortho nitro benzene ring substituents is 1. The van der Waals surface area contributed by atoms with Gasteiger partial charge in [0.1, 0.15) is 0 Å². The number of fused-ring (bicyclic) bond motifs is 1. The maximum absolute atomic E-state index is 11.0. The summed E-state index contributed by atoms with van der Waals surface area (Å²) >= 11 is 7.46. The van der Waals surface area contributed by atoms with Crippen molar-refractivity contribution in [3.8, 4) is 0 Å². The maximum atomic E-state index is 11.0. The Bertz CT molecular complexity index is 606. The molecule has 0 aliphatic carbocycles. The van der Waals surface area contributed by atoms with Crippen LogP contribution in [0.4, 0.5) is 5.69 Å². The molecule has 0 bridgehead atoms. The summed E-state index contributed by atoms with van der Waals surface area (Å²) in [4.78, 5) is 15.6. The molecule has 6 heteroatoms. The van der Waals surface area contributed by atoms with E-state index >= 15 is 0 Å². The number of rotatable bonds is 5. The third-order valence-electron chi connectivity index (χ3n) is 2.74. The number of nitro benzene ring substituents is 1. The Balaban J connectivity index is 2.41. The molecule has 0 saturated carbocycles. The van der Waals surface area contributed by atoms with E-state index in [0.717, 1.165) is 16.0 Å². The van der Waals surface area contributed by atoms with Gasteiger partial charge in [0.2, 0.25) is 0 Å². The van der Waals surface area contributed by atoms with Crippen molar-refractivity contribution in [1.82, 2.24) is 4.98 Å². The predicted molar refractivity (Wildman–Crippen MR) is 79.0 cm³/mol. The number of nitro groups is 1. The van der Waals surface area contributed by atoms with E-state index in [1.54, 1.807) is 30.2 Å². The summed E-state index contributed by atoms with van der Waals surface area (Å²) in [7, 11) is 0. The van der Waals surface area contributed by atoms with E-state index in [9.17, 15) is 10.1 Å². The number of pyridine rings is 1. The SMILES string of the molecule is CC(CCl)CSc1ccc([N+](=O)[O-])c2cnccc12. The average molecular weight is 297 g/mol. The highest BCUT2D eigenvalue weighted by molar-refractivity contribution is 7.99. The van der Waals surface area contributed by atoms with Crippen molar-refractivity contribution in [1.29, 1.82) is 0 Å². The first-order valence-corrected chi connectivity index (χ1v) is 7.35. The maximum Gasteiger partial charge on any atom is 0.278 e. The fourth-order valence-electron chi connectivity index (χ4n) is 1.71. The summed E-state index contributed by atoms with van der Waals surface area (Å²) < 4.78 is 0.